The summed E-state index contributed by atoms with van der Waals surface area (Å²) in [5, 5.41) is 3.00. The molecule has 146 valence electrons. The molecule has 26 heavy (non-hydrogen) atoms. The second-order valence-corrected chi connectivity index (χ2v) is 7.80. The standard InChI is InChI=1S/C21H34N2O3/c1-7-11-16(3)14-19(24)22-18-13-10-9-12-17(18)15-23(8-2)20(25)26-21(4,5)6/h9-10,12-13,16H,7-8,11,14-15H2,1-6H3,(H,22,24). The molecule has 0 saturated heterocycles. The van der Waals surface area contributed by atoms with Gasteiger partial charge in [-0.25, -0.2) is 4.79 Å². The van der Waals surface area contributed by atoms with Crippen LogP contribution in [0, 0.1) is 5.92 Å². The molecule has 2 amide bonds. The van der Waals surface area contributed by atoms with Gasteiger partial charge < -0.3 is 15.0 Å². The first kappa shape index (κ1) is 22.0. The molecule has 0 aromatic heterocycles. The van der Waals surface area contributed by atoms with Gasteiger partial charge in [-0.1, -0.05) is 44.9 Å². The first-order valence-corrected chi connectivity index (χ1v) is 9.52. The molecular formula is C21H34N2O3. The Bertz CT molecular complexity index is 593. The maximum atomic E-state index is 12.4. The van der Waals surface area contributed by atoms with E-state index in [1.165, 1.54) is 0 Å². The Labute approximate surface area is 158 Å². The molecule has 1 N–H and O–H groups in total. The van der Waals surface area contributed by atoms with E-state index >= 15 is 0 Å². The number of nitrogens with zero attached hydrogens (tertiary/aromatic N) is 1. The van der Waals surface area contributed by atoms with E-state index in [0.29, 0.717) is 25.4 Å². The van der Waals surface area contributed by atoms with E-state index in [-0.39, 0.29) is 12.0 Å². The lowest BCUT2D eigenvalue weighted by Gasteiger charge is -2.27. The van der Waals surface area contributed by atoms with Crippen LogP contribution in [0.2, 0.25) is 0 Å². The number of carbonyl (C=O) groups is 2. The SMILES string of the molecule is CCCC(C)CC(=O)Nc1ccccc1CN(CC)C(=O)OC(C)(C)C. The van der Waals surface area contributed by atoms with Gasteiger partial charge >= 0.3 is 6.09 Å². The van der Waals surface area contributed by atoms with E-state index in [1.807, 2.05) is 52.0 Å². The van der Waals surface area contributed by atoms with Crippen LogP contribution in [0.1, 0.15) is 66.4 Å². The summed E-state index contributed by atoms with van der Waals surface area (Å²) in [5.41, 5.74) is 1.12. The highest BCUT2D eigenvalue weighted by atomic mass is 16.6. The van der Waals surface area contributed by atoms with Gasteiger partial charge in [-0.05, 0) is 45.2 Å². The summed E-state index contributed by atoms with van der Waals surface area (Å²) in [4.78, 5) is 26.3. The van der Waals surface area contributed by atoms with Crippen molar-refractivity contribution in [3.8, 4) is 0 Å². The molecule has 0 aliphatic rings. The quantitative estimate of drug-likeness (QED) is 0.691. The molecule has 0 radical (unpaired) electrons. The number of nitrogens with one attached hydrogen (secondary N) is 1. The predicted molar refractivity (Wildman–Crippen MR) is 106 cm³/mol. The van der Waals surface area contributed by atoms with E-state index < -0.39 is 5.60 Å². The minimum atomic E-state index is -0.534. The highest BCUT2D eigenvalue weighted by molar-refractivity contribution is 5.91. The van der Waals surface area contributed by atoms with Gasteiger partial charge in [0.05, 0.1) is 6.54 Å². The molecule has 0 fully saturated rings. The van der Waals surface area contributed by atoms with Crippen molar-refractivity contribution in [2.75, 3.05) is 11.9 Å². The molecule has 1 rings (SSSR count). The lowest BCUT2D eigenvalue weighted by atomic mass is 10.0. The summed E-state index contributed by atoms with van der Waals surface area (Å²) >= 11 is 0. The first-order valence-electron chi connectivity index (χ1n) is 9.52. The fourth-order valence-corrected chi connectivity index (χ4v) is 2.73. The molecular weight excluding hydrogens is 328 g/mol. The maximum Gasteiger partial charge on any atom is 0.410 e. The van der Waals surface area contributed by atoms with E-state index in [9.17, 15) is 9.59 Å². The number of amides is 2. The van der Waals surface area contributed by atoms with Crippen LogP contribution in [0.3, 0.4) is 0 Å². The second-order valence-electron chi connectivity index (χ2n) is 7.80. The lowest BCUT2D eigenvalue weighted by Crippen LogP contribution is -2.36. The molecule has 0 bridgehead atoms. The van der Waals surface area contributed by atoms with Crippen LogP contribution in [0.15, 0.2) is 24.3 Å². The van der Waals surface area contributed by atoms with Crippen molar-refractivity contribution in [2.24, 2.45) is 5.92 Å². The van der Waals surface area contributed by atoms with Crippen LogP contribution in [-0.4, -0.2) is 29.0 Å². The second kappa shape index (κ2) is 10.2. The van der Waals surface area contributed by atoms with Gasteiger partial charge in [-0.3, -0.25) is 4.79 Å². The minimum Gasteiger partial charge on any atom is -0.444 e. The normalized spacial score (nSPS) is 12.4. The van der Waals surface area contributed by atoms with Crippen molar-refractivity contribution >= 4 is 17.7 Å². The van der Waals surface area contributed by atoms with Gasteiger partial charge in [-0.2, -0.15) is 0 Å². The number of benzene rings is 1. The smallest absolute Gasteiger partial charge is 0.410 e. The number of rotatable bonds is 8. The van der Waals surface area contributed by atoms with Gasteiger partial charge in [0.25, 0.3) is 0 Å². The van der Waals surface area contributed by atoms with Gasteiger partial charge in [0, 0.05) is 18.7 Å². The summed E-state index contributed by atoms with van der Waals surface area (Å²) in [6, 6.07) is 7.60. The van der Waals surface area contributed by atoms with E-state index in [4.69, 9.17) is 4.74 Å². The molecule has 5 nitrogen and oxygen atoms in total. The average molecular weight is 363 g/mol. The molecule has 0 saturated carbocycles. The number of ether oxygens (including phenoxy) is 1. The van der Waals surface area contributed by atoms with Gasteiger partial charge in [0.1, 0.15) is 5.60 Å². The molecule has 0 aliphatic carbocycles. The zero-order chi connectivity index (χ0) is 19.7. The topological polar surface area (TPSA) is 58.6 Å². The minimum absolute atomic E-state index is 0.0127. The Balaban J connectivity index is 2.81. The van der Waals surface area contributed by atoms with Crippen LogP contribution < -0.4 is 5.32 Å². The van der Waals surface area contributed by atoms with Gasteiger partial charge in [-0.15, -0.1) is 0 Å². The highest BCUT2D eigenvalue weighted by Gasteiger charge is 2.22. The van der Waals surface area contributed by atoms with Crippen molar-refractivity contribution < 1.29 is 14.3 Å². The Morgan fingerprint density at radius 1 is 1.19 bits per heavy atom. The molecule has 0 heterocycles. The van der Waals surface area contributed by atoms with E-state index in [1.54, 1.807) is 4.90 Å². The summed E-state index contributed by atoms with van der Waals surface area (Å²) in [6.07, 6.45) is 2.27. The largest absolute Gasteiger partial charge is 0.444 e. The van der Waals surface area contributed by atoms with Crippen LogP contribution in [0.25, 0.3) is 0 Å². The molecule has 1 atom stereocenters. The molecule has 1 unspecified atom stereocenters. The maximum absolute atomic E-state index is 12.4. The van der Waals surface area contributed by atoms with Crippen molar-refractivity contribution in [1.82, 2.24) is 4.90 Å². The third-order valence-corrected chi connectivity index (χ3v) is 4.00. The Kier molecular flexibility index (Phi) is 8.62. The Hall–Kier alpha value is -2.04. The number of para-hydroxylation sites is 1. The Morgan fingerprint density at radius 3 is 2.42 bits per heavy atom. The number of hydrogen-bond donors (Lipinski definition) is 1. The summed E-state index contributed by atoms with van der Waals surface area (Å²) < 4.78 is 5.46. The molecule has 1 aromatic rings. The van der Waals surface area contributed by atoms with E-state index in [2.05, 4.69) is 19.2 Å². The van der Waals surface area contributed by atoms with Crippen molar-refractivity contribution in [2.45, 2.75) is 73.0 Å². The fraction of sp³-hybridized carbons (Fsp3) is 0.619. The average Bonchev–Trinajstić information content (AvgIpc) is 2.52. The monoisotopic (exact) mass is 362 g/mol. The van der Waals surface area contributed by atoms with Crippen LogP contribution in [-0.2, 0) is 16.1 Å². The Morgan fingerprint density at radius 2 is 1.85 bits per heavy atom. The van der Waals surface area contributed by atoms with E-state index in [0.717, 1.165) is 24.1 Å². The molecule has 5 heteroatoms. The number of carbonyl (C=O) groups excluding carboxylic acids is 2. The van der Waals surface area contributed by atoms with Crippen molar-refractivity contribution in [3.05, 3.63) is 29.8 Å². The first-order chi connectivity index (χ1) is 12.2. The van der Waals surface area contributed by atoms with Crippen LogP contribution in [0.4, 0.5) is 10.5 Å². The highest BCUT2D eigenvalue weighted by Crippen LogP contribution is 2.20. The third-order valence-electron chi connectivity index (χ3n) is 4.00. The van der Waals surface area contributed by atoms with Crippen LogP contribution in [0.5, 0.6) is 0 Å². The zero-order valence-corrected chi connectivity index (χ0v) is 17.1. The fourth-order valence-electron chi connectivity index (χ4n) is 2.73. The van der Waals surface area contributed by atoms with Crippen molar-refractivity contribution in [1.29, 1.82) is 0 Å². The summed E-state index contributed by atoms with van der Waals surface area (Å²) in [5.74, 6) is 0.375. The zero-order valence-electron chi connectivity index (χ0n) is 17.1. The molecule has 0 spiro atoms. The third kappa shape index (κ3) is 7.89. The number of hydrogen-bond acceptors (Lipinski definition) is 3. The predicted octanol–water partition coefficient (Wildman–Crippen LogP) is 5.21. The van der Waals surface area contributed by atoms with Gasteiger partial charge in [0.2, 0.25) is 5.91 Å². The summed E-state index contributed by atoms with van der Waals surface area (Å²) in [7, 11) is 0. The molecule has 1 aromatic carbocycles. The van der Waals surface area contributed by atoms with Crippen molar-refractivity contribution in [3.63, 3.8) is 0 Å². The summed E-state index contributed by atoms with van der Waals surface area (Å²) in [6.45, 7) is 12.6. The number of anilines is 1. The van der Waals surface area contributed by atoms with Crippen LogP contribution >= 0.6 is 0 Å². The molecule has 0 aliphatic heterocycles. The van der Waals surface area contributed by atoms with Gasteiger partial charge in [0.15, 0.2) is 0 Å². The lowest BCUT2D eigenvalue weighted by molar-refractivity contribution is -0.117.